The Morgan fingerprint density at radius 3 is 2.83 bits per heavy atom. The largest absolute Gasteiger partial charge is 0.495 e. The average Bonchev–Trinajstić information content (AvgIpc) is 2.58. The van der Waals surface area contributed by atoms with Gasteiger partial charge in [0.05, 0.1) is 12.7 Å². The van der Waals surface area contributed by atoms with Gasteiger partial charge in [0.25, 0.3) is 0 Å². The Morgan fingerprint density at radius 2 is 2.21 bits per heavy atom. The number of nitrogens with one attached hydrogen (secondary N) is 2. The van der Waals surface area contributed by atoms with E-state index in [-0.39, 0.29) is 5.75 Å². The van der Waals surface area contributed by atoms with E-state index in [1.807, 2.05) is 12.1 Å². The van der Waals surface area contributed by atoms with Gasteiger partial charge in [0.2, 0.25) is 0 Å². The van der Waals surface area contributed by atoms with Crippen molar-refractivity contribution in [3.63, 3.8) is 0 Å². The van der Waals surface area contributed by atoms with Crippen LogP contribution in [0, 0.1) is 17.1 Å². The van der Waals surface area contributed by atoms with Crippen molar-refractivity contribution < 1.29 is 9.13 Å². The molecule has 0 bridgehead atoms. The Balaban J connectivity index is 1.95. The van der Waals surface area contributed by atoms with Gasteiger partial charge in [-0.3, -0.25) is 0 Å². The molecule has 0 amide bonds. The molecule has 0 unspecified atom stereocenters. The van der Waals surface area contributed by atoms with E-state index >= 15 is 0 Å². The smallest absolute Gasteiger partial charge is 0.171 e. The van der Waals surface area contributed by atoms with Crippen LogP contribution in [0.1, 0.15) is 11.1 Å². The number of hydrogen-bond donors (Lipinski definition) is 2. The molecular formula is C16H14BrFN4OS. The first-order valence-electron chi connectivity index (χ1n) is 6.97. The van der Waals surface area contributed by atoms with E-state index < -0.39 is 5.82 Å². The lowest BCUT2D eigenvalue weighted by Crippen LogP contribution is -2.30. The van der Waals surface area contributed by atoms with Gasteiger partial charge in [-0.2, -0.15) is 5.26 Å². The minimum Gasteiger partial charge on any atom is -0.495 e. The third kappa shape index (κ3) is 4.63. The van der Waals surface area contributed by atoms with E-state index in [1.54, 1.807) is 12.3 Å². The molecule has 0 aliphatic carbocycles. The molecule has 0 fully saturated rings. The Hall–Kier alpha value is -2.24. The van der Waals surface area contributed by atoms with E-state index in [4.69, 9.17) is 22.2 Å². The molecule has 0 spiro atoms. The highest BCUT2D eigenvalue weighted by Gasteiger charge is 2.14. The number of halogens is 2. The molecule has 0 radical (unpaired) electrons. The lowest BCUT2D eigenvalue weighted by Gasteiger charge is -2.13. The summed E-state index contributed by atoms with van der Waals surface area (Å²) in [5, 5.41) is 15.3. The number of hydrogen-bond acceptors (Lipinski definition) is 4. The zero-order chi connectivity index (χ0) is 17.5. The fourth-order valence-electron chi connectivity index (χ4n) is 2.07. The van der Waals surface area contributed by atoms with Gasteiger partial charge in [0.1, 0.15) is 23.5 Å². The number of ether oxygens (including phenoxy) is 1. The van der Waals surface area contributed by atoms with Crippen molar-refractivity contribution in [2.45, 2.75) is 6.42 Å². The lowest BCUT2D eigenvalue weighted by atomic mass is 10.1. The second-order valence-corrected chi connectivity index (χ2v) is 6.04. The van der Waals surface area contributed by atoms with E-state index in [0.29, 0.717) is 35.0 Å². The minimum atomic E-state index is -0.416. The van der Waals surface area contributed by atoms with Gasteiger partial charge in [0, 0.05) is 22.8 Å². The minimum absolute atomic E-state index is 0.257. The van der Waals surface area contributed by atoms with E-state index in [0.717, 1.165) is 4.47 Å². The van der Waals surface area contributed by atoms with Gasteiger partial charge in [-0.15, -0.1) is 0 Å². The molecule has 2 aromatic rings. The van der Waals surface area contributed by atoms with Crippen molar-refractivity contribution in [2.75, 3.05) is 19.0 Å². The average molecular weight is 409 g/mol. The fourth-order valence-corrected chi connectivity index (χ4v) is 2.51. The molecule has 24 heavy (non-hydrogen) atoms. The zero-order valence-corrected chi connectivity index (χ0v) is 15.2. The molecule has 2 N–H and O–H groups in total. The molecule has 1 heterocycles. The summed E-state index contributed by atoms with van der Waals surface area (Å²) in [7, 11) is 1.41. The van der Waals surface area contributed by atoms with Crippen LogP contribution in [0.25, 0.3) is 0 Å². The molecule has 124 valence electrons. The predicted octanol–water partition coefficient (Wildman–Crippen LogP) is 3.39. The Bertz CT molecular complexity index is 777. The number of benzene rings is 1. The molecule has 0 aliphatic heterocycles. The third-order valence-electron chi connectivity index (χ3n) is 3.16. The second-order valence-electron chi connectivity index (χ2n) is 4.71. The van der Waals surface area contributed by atoms with Crippen molar-refractivity contribution in [1.82, 2.24) is 10.3 Å². The highest BCUT2D eigenvalue weighted by molar-refractivity contribution is 9.10. The monoisotopic (exact) mass is 408 g/mol. The molecular weight excluding hydrogens is 395 g/mol. The zero-order valence-electron chi connectivity index (χ0n) is 12.8. The summed E-state index contributed by atoms with van der Waals surface area (Å²) in [4.78, 5) is 4.15. The molecule has 8 heteroatoms. The van der Waals surface area contributed by atoms with E-state index in [9.17, 15) is 4.39 Å². The summed E-state index contributed by atoms with van der Waals surface area (Å²) >= 11 is 8.48. The van der Waals surface area contributed by atoms with Gasteiger partial charge in [-0.25, -0.2) is 9.37 Å². The first-order valence-corrected chi connectivity index (χ1v) is 8.17. The predicted molar refractivity (Wildman–Crippen MR) is 97.5 cm³/mol. The normalized spacial score (nSPS) is 9.92. The summed E-state index contributed by atoms with van der Waals surface area (Å²) in [6.07, 6.45) is 1.97. The molecule has 0 aliphatic rings. The number of rotatable bonds is 5. The van der Waals surface area contributed by atoms with E-state index in [1.165, 1.54) is 19.2 Å². The highest BCUT2D eigenvalue weighted by Crippen LogP contribution is 2.26. The van der Waals surface area contributed by atoms with Crippen molar-refractivity contribution in [2.24, 2.45) is 0 Å². The SMILES string of the molecule is COc1c(C#N)ccc(F)c1CCNC(=S)Nc1ccc(Br)cn1. The molecule has 2 rings (SSSR count). The number of anilines is 1. The maximum atomic E-state index is 14.0. The van der Waals surface area contributed by atoms with Gasteiger partial charge < -0.3 is 15.4 Å². The molecule has 1 aromatic carbocycles. The van der Waals surface area contributed by atoms with Gasteiger partial charge >= 0.3 is 0 Å². The maximum absolute atomic E-state index is 14.0. The summed E-state index contributed by atoms with van der Waals surface area (Å²) in [5.41, 5.74) is 0.641. The van der Waals surface area contributed by atoms with Crippen molar-refractivity contribution in [3.05, 3.63) is 51.9 Å². The summed E-state index contributed by atoms with van der Waals surface area (Å²) in [6.45, 7) is 0.379. The Morgan fingerprint density at radius 1 is 1.42 bits per heavy atom. The van der Waals surface area contributed by atoms with Gasteiger partial charge in [-0.1, -0.05) is 0 Å². The molecule has 0 atom stereocenters. The Kier molecular flexibility index (Phi) is 6.46. The number of nitriles is 1. The number of methoxy groups -OCH3 is 1. The van der Waals surface area contributed by atoms with Crippen LogP contribution >= 0.6 is 28.1 Å². The van der Waals surface area contributed by atoms with Crippen LogP contribution in [0.3, 0.4) is 0 Å². The topological polar surface area (TPSA) is 70.0 Å². The highest BCUT2D eigenvalue weighted by atomic mass is 79.9. The molecule has 0 saturated carbocycles. The summed E-state index contributed by atoms with van der Waals surface area (Å²) in [6, 6.07) is 8.26. The van der Waals surface area contributed by atoms with Gasteiger partial charge in [-0.05, 0) is 58.8 Å². The fraction of sp³-hybridized carbons (Fsp3) is 0.188. The summed E-state index contributed by atoms with van der Waals surface area (Å²) < 4.78 is 20.0. The van der Waals surface area contributed by atoms with Crippen LogP contribution in [-0.2, 0) is 6.42 Å². The van der Waals surface area contributed by atoms with Crippen molar-refractivity contribution >= 4 is 39.1 Å². The maximum Gasteiger partial charge on any atom is 0.171 e. The first-order chi connectivity index (χ1) is 11.5. The van der Waals surface area contributed by atoms with Gasteiger partial charge in [0.15, 0.2) is 5.11 Å². The number of thiocarbonyl (C=S) groups is 1. The van der Waals surface area contributed by atoms with Crippen molar-refractivity contribution in [3.8, 4) is 11.8 Å². The number of aromatic nitrogens is 1. The summed E-state index contributed by atoms with van der Waals surface area (Å²) in [5.74, 6) is 0.444. The van der Waals surface area contributed by atoms with Crippen LogP contribution in [0.2, 0.25) is 0 Å². The van der Waals surface area contributed by atoms with Crippen molar-refractivity contribution in [1.29, 1.82) is 5.26 Å². The number of nitrogens with zero attached hydrogens (tertiary/aromatic N) is 2. The first kappa shape index (κ1) is 18.1. The second kappa shape index (κ2) is 8.57. The van der Waals surface area contributed by atoms with Crippen LogP contribution in [-0.4, -0.2) is 23.8 Å². The standard InChI is InChI=1S/C16H14BrFN4OS/c1-23-15-10(8-19)2-4-13(18)12(15)6-7-20-16(24)22-14-5-3-11(17)9-21-14/h2-5,9H,6-7H2,1H3,(H2,20,21,22,24). The molecule has 1 aromatic heterocycles. The van der Waals surface area contributed by atoms with Crippen LogP contribution < -0.4 is 15.4 Å². The number of pyridine rings is 1. The van der Waals surface area contributed by atoms with Crippen LogP contribution in [0.5, 0.6) is 5.75 Å². The lowest BCUT2D eigenvalue weighted by molar-refractivity contribution is 0.403. The molecule has 0 saturated heterocycles. The third-order valence-corrected chi connectivity index (χ3v) is 3.87. The van der Waals surface area contributed by atoms with Crippen LogP contribution in [0.15, 0.2) is 34.9 Å². The quantitative estimate of drug-likeness (QED) is 0.738. The molecule has 5 nitrogen and oxygen atoms in total. The Labute approximate surface area is 153 Å². The van der Waals surface area contributed by atoms with E-state index in [2.05, 4.69) is 31.5 Å². The van der Waals surface area contributed by atoms with Crippen LogP contribution in [0.4, 0.5) is 10.2 Å².